The topological polar surface area (TPSA) is 66.5 Å². The first kappa shape index (κ1) is 20.9. The molecular weight excluding hydrogens is 367 g/mol. The third kappa shape index (κ3) is 5.29. The van der Waals surface area contributed by atoms with E-state index >= 15 is 0 Å². The van der Waals surface area contributed by atoms with Crippen molar-refractivity contribution >= 4 is 21.6 Å². The summed E-state index contributed by atoms with van der Waals surface area (Å²) in [5.41, 5.74) is 2.62. The van der Waals surface area contributed by atoms with Crippen molar-refractivity contribution in [2.45, 2.75) is 26.7 Å². The largest absolute Gasteiger partial charge is 0.350 e. The number of aryl methyl sites for hydroxylation is 1. The Morgan fingerprint density at radius 3 is 2.44 bits per heavy atom. The molecule has 0 radical (unpaired) electrons. The number of nitrogens with zero attached hydrogens (tertiary/aromatic N) is 1. The van der Waals surface area contributed by atoms with Gasteiger partial charge in [-0.3, -0.25) is 9.10 Å². The fourth-order valence-corrected chi connectivity index (χ4v) is 3.94. The van der Waals surface area contributed by atoms with E-state index in [2.05, 4.69) is 5.32 Å². The third-order valence-electron chi connectivity index (χ3n) is 4.23. The number of halogens is 1. The zero-order valence-corrected chi connectivity index (χ0v) is 16.8. The molecule has 5 nitrogen and oxygen atoms in total. The molecule has 2 aromatic rings. The van der Waals surface area contributed by atoms with Crippen LogP contribution in [-0.2, 0) is 10.0 Å². The van der Waals surface area contributed by atoms with Crippen molar-refractivity contribution in [3.63, 3.8) is 0 Å². The number of hydrogen-bond donors (Lipinski definition) is 1. The predicted octanol–water partition coefficient (Wildman–Crippen LogP) is 3.45. The summed E-state index contributed by atoms with van der Waals surface area (Å²) in [6.07, 6.45) is 1.15. The van der Waals surface area contributed by atoms with Crippen LogP contribution in [0.2, 0.25) is 0 Å². The van der Waals surface area contributed by atoms with Crippen LogP contribution in [0.5, 0.6) is 0 Å². The van der Waals surface area contributed by atoms with Gasteiger partial charge in [0.1, 0.15) is 5.82 Å². The van der Waals surface area contributed by atoms with Gasteiger partial charge in [0.15, 0.2) is 0 Å². The van der Waals surface area contributed by atoms with Crippen molar-refractivity contribution in [1.29, 1.82) is 0 Å². The first-order chi connectivity index (χ1) is 12.6. The predicted molar refractivity (Wildman–Crippen MR) is 106 cm³/mol. The van der Waals surface area contributed by atoms with Gasteiger partial charge in [-0.15, -0.1) is 0 Å². The molecule has 0 heterocycles. The van der Waals surface area contributed by atoms with Crippen LogP contribution in [0.3, 0.4) is 0 Å². The number of hydrogen-bond acceptors (Lipinski definition) is 3. The van der Waals surface area contributed by atoms with Crippen molar-refractivity contribution in [1.82, 2.24) is 5.32 Å². The molecule has 146 valence electrons. The van der Waals surface area contributed by atoms with Gasteiger partial charge in [-0.2, -0.15) is 0 Å². The van der Waals surface area contributed by atoms with Gasteiger partial charge >= 0.3 is 0 Å². The van der Waals surface area contributed by atoms with Gasteiger partial charge in [-0.25, -0.2) is 12.8 Å². The minimum absolute atomic E-state index is 0.0878. The number of rotatable bonds is 7. The lowest BCUT2D eigenvalue weighted by molar-refractivity contribution is 0.0954. The smallest absolute Gasteiger partial charge is 0.251 e. The summed E-state index contributed by atoms with van der Waals surface area (Å²) in [6.45, 7) is 6.07. The number of para-hydroxylation sites is 1. The van der Waals surface area contributed by atoms with Crippen molar-refractivity contribution in [2.75, 3.05) is 23.7 Å². The number of nitrogens with one attached hydrogen (secondary N) is 1. The number of carbonyl (C=O) groups is 1. The Kier molecular flexibility index (Phi) is 6.59. The Labute approximate surface area is 160 Å². The van der Waals surface area contributed by atoms with Crippen molar-refractivity contribution in [3.05, 3.63) is 65.0 Å². The van der Waals surface area contributed by atoms with E-state index in [1.807, 2.05) is 39.0 Å². The van der Waals surface area contributed by atoms with E-state index in [1.165, 1.54) is 22.5 Å². The molecule has 1 amide bonds. The highest BCUT2D eigenvalue weighted by Crippen LogP contribution is 2.32. The standard InChI is InChI=1S/C20H25FN2O3S/c1-14(2)18-10-5-7-15(3)19(18)23(27(4,25)26)12-11-22-20(24)16-8-6-9-17(21)13-16/h5-10,13-14H,11-12H2,1-4H3,(H,22,24). The van der Waals surface area contributed by atoms with E-state index in [0.29, 0.717) is 5.69 Å². The van der Waals surface area contributed by atoms with Crippen LogP contribution < -0.4 is 9.62 Å². The van der Waals surface area contributed by atoms with E-state index in [9.17, 15) is 17.6 Å². The van der Waals surface area contributed by atoms with Gasteiger partial charge in [0.05, 0.1) is 18.5 Å². The summed E-state index contributed by atoms with van der Waals surface area (Å²) in [5, 5.41) is 2.65. The second kappa shape index (κ2) is 8.52. The van der Waals surface area contributed by atoms with Crippen LogP contribution in [0.4, 0.5) is 10.1 Å². The SMILES string of the molecule is Cc1cccc(C(C)C)c1N(CCNC(=O)c1cccc(F)c1)S(C)(=O)=O. The van der Waals surface area contributed by atoms with Gasteiger partial charge < -0.3 is 5.32 Å². The van der Waals surface area contributed by atoms with Crippen molar-refractivity contribution in [3.8, 4) is 0 Å². The molecule has 7 heteroatoms. The average molecular weight is 392 g/mol. The highest BCUT2D eigenvalue weighted by Gasteiger charge is 2.23. The number of amides is 1. The molecule has 2 rings (SSSR count). The molecule has 2 aromatic carbocycles. The highest BCUT2D eigenvalue weighted by atomic mass is 32.2. The minimum atomic E-state index is -3.54. The van der Waals surface area contributed by atoms with Crippen LogP contribution in [0.25, 0.3) is 0 Å². The highest BCUT2D eigenvalue weighted by molar-refractivity contribution is 7.92. The lowest BCUT2D eigenvalue weighted by Gasteiger charge is -2.28. The average Bonchev–Trinajstić information content (AvgIpc) is 2.57. The van der Waals surface area contributed by atoms with E-state index in [4.69, 9.17) is 0 Å². The first-order valence-electron chi connectivity index (χ1n) is 8.72. The van der Waals surface area contributed by atoms with E-state index in [-0.39, 0.29) is 24.6 Å². The van der Waals surface area contributed by atoms with Crippen LogP contribution in [0, 0.1) is 12.7 Å². The first-order valence-corrected chi connectivity index (χ1v) is 10.6. The fraction of sp³-hybridized carbons (Fsp3) is 0.350. The summed E-state index contributed by atoms with van der Waals surface area (Å²) in [6, 6.07) is 11.0. The number of benzene rings is 2. The molecule has 0 aliphatic carbocycles. The number of sulfonamides is 1. The maximum Gasteiger partial charge on any atom is 0.251 e. The van der Waals surface area contributed by atoms with Gasteiger partial charge in [0, 0.05) is 12.1 Å². The Balaban J connectivity index is 2.22. The summed E-state index contributed by atoms with van der Waals surface area (Å²) in [5.74, 6) is -0.801. The zero-order chi connectivity index (χ0) is 20.2. The molecule has 0 fully saturated rings. The zero-order valence-electron chi connectivity index (χ0n) is 16.0. The van der Waals surface area contributed by atoms with E-state index in [0.717, 1.165) is 23.4 Å². The molecule has 0 unspecified atom stereocenters. The Hall–Kier alpha value is -2.41. The molecule has 0 spiro atoms. The molecular formula is C20H25FN2O3S. The molecule has 0 aliphatic heterocycles. The van der Waals surface area contributed by atoms with Crippen LogP contribution in [-0.4, -0.2) is 33.7 Å². The second-order valence-corrected chi connectivity index (χ2v) is 8.68. The van der Waals surface area contributed by atoms with Crippen LogP contribution >= 0.6 is 0 Å². The molecule has 0 atom stereocenters. The third-order valence-corrected chi connectivity index (χ3v) is 5.39. The Morgan fingerprint density at radius 1 is 1.19 bits per heavy atom. The summed E-state index contributed by atoms with van der Waals surface area (Å²) < 4.78 is 39.4. The molecule has 0 aromatic heterocycles. The monoisotopic (exact) mass is 392 g/mol. The molecule has 0 aliphatic rings. The lowest BCUT2D eigenvalue weighted by atomic mass is 9.98. The number of anilines is 1. The maximum absolute atomic E-state index is 13.3. The number of carbonyl (C=O) groups excluding carboxylic acids is 1. The molecule has 0 bridgehead atoms. The normalized spacial score (nSPS) is 11.5. The molecule has 1 N–H and O–H groups in total. The summed E-state index contributed by atoms with van der Waals surface area (Å²) in [4.78, 5) is 12.2. The summed E-state index contributed by atoms with van der Waals surface area (Å²) in [7, 11) is -3.54. The minimum Gasteiger partial charge on any atom is -0.350 e. The van der Waals surface area contributed by atoms with Gasteiger partial charge in [-0.05, 0) is 42.2 Å². The Bertz CT molecular complexity index is 927. The molecule has 0 saturated carbocycles. The molecule has 0 saturated heterocycles. The van der Waals surface area contributed by atoms with Gasteiger partial charge in [-0.1, -0.05) is 38.1 Å². The van der Waals surface area contributed by atoms with Crippen LogP contribution in [0.1, 0.15) is 41.3 Å². The van der Waals surface area contributed by atoms with Crippen molar-refractivity contribution < 1.29 is 17.6 Å². The lowest BCUT2D eigenvalue weighted by Crippen LogP contribution is -2.39. The van der Waals surface area contributed by atoms with Gasteiger partial charge in [0.2, 0.25) is 10.0 Å². The van der Waals surface area contributed by atoms with Crippen molar-refractivity contribution in [2.24, 2.45) is 0 Å². The van der Waals surface area contributed by atoms with E-state index in [1.54, 1.807) is 0 Å². The van der Waals surface area contributed by atoms with Crippen LogP contribution in [0.15, 0.2) is 42.5 Å². The Morgan fingerprint density at radius 2 is 1.85 bits per heavy atom. The second-order valence-electron chi connectivity index (χ2n) is 6.77. The molecule has 27 heavy (non-hydrogen) atoms. The maximum atomic E-state index is 13.3. The quantitative estimate of drug-likeness (QED) is 0.785. The summed E-state index contributed by atoms with van der Waals surface area (Å²) >= 11 is 0. The fourth-order valence-electron chi connectivity index (χ4n) is 2.93. The van der Waals surface area contributed by atoms with E-state index < -0.39 is 21.7 Å². The van der Waals surface area contributed by atoms with Gasteiger partial charge in [0.25, 0.3) is 5.91 Å².